The summed E-state index contributed by atoms with van der Waals surface area (Å²) in [6.07, 6.45) is 1.16. The molecule has 0 aromatic heterocycles. The standard InChI is InChI=1S/C29H28FN3O2/c1-29(2)16-23-27(25(34)17-29)28(19-10-4-3-5-11-19)33(24-15-9-8-14-22(24)31-23)18-26(35)32-21-13-7-6-12-20(21)30/h3-15,28,31H,16-18H2,1-2H3,(H,32,35)/t28-/m0/s1. The van der Waals surface area contributed by atoms with Crippen molar-refractivity contribution in [3.8, 4) is 0 Å². The summed E-state index contributed by atoms with van der Waals surface area (Å²) < 4.78 is 14.2. The van der Waals surface area contributed by atoms with E-state index in [-0.39, 0.29) is 29.3 Å². The predicted molar refractivity (Wildman–Crippen MR) is 137 cm³/mol. The SMILES string of the molecule is CC1(C)CC(=O)C2=C(C1)Nc1ccccc1N(CC(=O)Nc1ccccc1F)[C@H]2c1ccccc1. The van der Waals surface area contributed by atoms with E-state index in [2.05, 4.69) is 24.5 Å². The van der Waals surface area contributed by atoms with Crippen LogP contribution in [-0.2, 0) is 9.59 Å². The number of hydrogen-bond acceptors (Lipinski definition) is 4. The Hall–Kier alpha value is -3.93. The van der Waals surface area contributed by atoms with E-state index in [0.717, 1.165) is 29.1 Å². The molecular weight excluding hydrogens is 441 g/mol. The number of para-hydroxylation sites is 3. The average molecular weight is 470 g/mol. The van der Waals surface area contributed by atoms with Crippen LogP contribution in [0.3, 0.4) is 0 Å². The summed E-state index contributed by atoms with van der Waals surface area (Å²) in [5, 5.41) is 6.23. The van der Waals surface area contributed by atoms with Gasteiger partial charge in [0.25, 0.3) is 0 Å². The number of Topliss-reactive ketones (excluding diaryl/α,β-unsaturated/α-hetero) is 1. The van der Waals surface area contributed by atoms with Crippen LogP contribution in [0.1, 0.15) is 38.3 Å². The van der Waals surface area contributed by atoms with Gasteiger partial charge in [0.1, 0.15) is 5.82 Å². The topological polar surface area (TPSA) is 61.4 Å². The van der Waals surface area contributed by atoms with Gasteiger partial charge in [0.05, 0.1) is 29.6 Å². The maximum atomic E-state index is 14.2. The molecule has 0 bridgehead atoms. The molecule has 3 aromatic carbocycles. The molecule has 0 unspecified atom stereocenters. The maximum absolute atomic E-state index is 14.2. The third-order valence-corrected chi connectivity index (χ3v) is 6.58. The largest absolute Gasteiger partial charge is 0.357 e. The summed E-state index contributed by atoms with van der Waals surface area (Å²) in [4.78, 5) is 28.8. The Labute approximate surface area is 204 Å². The van der Waals surface area contributed by atoms with Gasteiger partial charge in [-0.2, -0.15) is 0 Å². The molecule has 3 aromatic rings. The normalized spacial score (nSPS) is 18.8. The number of hydrogen-bond donors (Lipinski definition) is 2. The first kappa shape index (κ1) is 22.8. The number of benzene rings is 3. The highest BCUT2D eigenvalue weighted by Crippen LogP contribution is 2.48. The van der Waals surface area contributed by atoms with Gasteiger partial charge in [0, 0.05) is 17.7 Å². The minimum atomic E-state index is -0.493. The van der Waals surface area contributed by atoms with Crippen molar-refractivity contribution in [2.45, 2.75) is 32.7 Å². The van der Waals surface area contributed by atoms with Crippen molar-refractivity contribution < 1.29 is 14.0 Å². The highest BCUT2D eigenvalue weighted by Gasteiger charge is 2.41. The van der Waals surface area contributed by atoms with E-state index in [4.69, 9.17) is 0 Å². The van der Waals surface area contributed by atoms with Crippen LogP contribution in [0.2, 0.25) is 0 Å². The van der Waals surface area contributed by atoms with Gasteiger partial charge in [-0.25, -0.2) is 4.39 Å². The fourth-order valence-electron chi connectivity index (χ4n) is 5.12. The summed E-state index contributed by atoms with van der Waals surface area (Å²) in [7, 11) is 0. The lowest BCUT2D eigenvalue weighted by Gasteiger charge is -2.37. The molecule has 1 heterocycles. The van der Waals surface area contributed by atoms with Gasteiger partial charge in [0.2, 0.25) is 5.91 Å². The van der Waals surface area contributed by atoms with Gasteiger partial charge in [-0.15, -0.1) is 0 Å². The molecule has 1 aliphatic carbocycles. The molecule has 5 rings (SSSR count). The molecule has 0 radical (unpaired) electrons. The first-order chi connectivity index (χ1) is 16.8. The molecule has 1 atom stereocenters. The molecule has 0 fully saturated rings. The van der Waals surface area contributed by atoms with E-state index in [9.17, 15) is 14.0 Å². The summed E-state index contributed by atoms with van der Waals surface area (Å²) in [5.41, 5.74) is 4.11. The van der Waals surface area contributed by atoms with Crippen LogP contribution in [0, 0.1) is 11.2 Å². The van der Waals surface area contributed by atoms with Gasteiger partial charge in [-0.3, -0.25) is 9.59 Å². The monoisotopic (exact) mass is 469 g/mol. The third kappa shape index (κ3) is 4.56. The quantitative estimate of drug-likeness (QED) is 0.486. The molecule has 1 amide bonds. The molecular formula is C29H28FN3O2. The van der Waals surface area contributed by atoms with Gasteiger partial charge in [-0.1, -0.05) is 68.4 Å². The predicted octanol–water partition coefficient (Wildman–Crippen LogP) is 6.08. The summed E-state index contributed by atoms with van der Waals surface area (Å²) >= 11 is 0. The van der Waals surface area contributed by atoms with E-state index < -0.39 is 11.9 Å². The molecule has 2 aliphatic rings. The highest BCUT2D eigenvalue weighted by atomic mass is 19.1. The second-order valence-corrected chi connectivity index (χ2v) is 9.94. The van der Waals surface area contributed by atoms with Gasteiger partial charge >= 0.3 is 0 Å². The molecule has 0 saturated carbocycles. The zero-order chi connectivity index (χ0) is 24.6. The van der Waals surface area contributed by atoms with Crippen molar-refractivity contribution >= 4 is 28.8 Å². The number of anilines is 3. The van der Waals surface area contributed by atoms with E-state index in [1.54, 1.807) is 12.1 Å². The summed E-state index contributed by atoms with van der Waals surface area (Å²) in [6, 6.07) is 23.2. The lowest BCUT2D eigenvalue weighted by atomic mass is 9.73. The van der Waals surface area contributed by atoms with Crippen molar-refractivity contribution in [1.82, 2.24) is 0 Å². The molecule has 2 N–H and O–H groups in total. The van der Waals surface area contributed by atoms with Crippen LogP contribution in [0.5, 0.6) is 0 Å². The maximum Gasteiger partial charge on any atom is 0.244 e. The van der Waals surface area contributed by atoms with Crippen molar-refractivity contribution in [1.29, 1.82) is 0 Å². The van der Waals surface area contributed by atoms with Crippen LogP contribution in [0.25, 0.3) is 0 Å². The first-order valence-electron chi connectivity index (χ1n) is 11.8. The Morgan fingerprint density at radius 3 is 2.46 bits per heavy atom. The third-order valence-electron chi connectivity index (χ3n) is 6.58. The van der Waals surface area contributed by atoms with Crippen molar-refractivity contribution in [2.24, 2.45) is 5.41 Å². The van der Waals surface area contributed by atoms with Crippen molar-refractivity contribution in [3.63, 3.8) is 0 Å². The van der Waals surface area contributed by atoms with Crippen LogP contribution in [0.15, 0.2) is 90.1 Å². The van der Waals surface area contributed by atoms with E-state index in [0.29, 0.717) is 12.0 Å². The molecule has 6 heteroatoms. The van der Waals surface area contributed by atoms with Gasteiger partial charge in [-0.05, 0) is 41.7 Å². The molecule has 1 aliphatic heterocycles. The second-order valence-electron chi connectivity index (χ2n) is 9.94. The number of nitrogens with zero attached hydrogens (tertiary/aromatic N) is 1. The fourth-order valence-corrected chi connectivity index (χ4v) is 5.12. The number of rotatable bonds is 4. The minimum absolute atomic E-state index is 0.0555. The zero-order valence-electron chi connectivity index (χ0n) is 19.8. The van der Waals surface area contributed by atoms with Gasteiger partial charge in [0.15, 0.2) is 5.78 Å². The molecule has 178 valence electrons. The number of allylic oxidation sites excluding steroid dienone is 1. The lowest BCUT2D eigenvalue weighted by Crippen LogP contribution is -2.40. The molecule has 0 saturated heterocycles. The summed E-state index contributed by atoms with van der Waals surface area (Å²) in [5.74, 6) is -0.781. The number of carbonyl (C=O) groups excluding carboxylic acids is 2. The number of halogens is 1. The smallest absolute Gasteiger partial charge is 0.244 e. The lowest BCUT2D eigenvalue weighted by molar-refractivity contribution is -0.119. The van der Waals surface area contributed by atoms with Gasteiger partial charge < -0.3 is 15.5 Å². The van der Waals surface area contributed by atoms with Crippen LogP contribution < -0.4 is 15.5 Å². The fraction of sp³-hybridized carbons (Fsp3) is 0.241. The zero-order valence-corrected chi connectivity index (χ0v) is 19.8. The first-order valence-corrected chi connectivity index (χ1v) is 11.8. The molecule has 5 nitrogen and oxygen atoms in total. The van der Waals surface area contributed by atoms with Crippen molar-refractivity contribution in [2.75, 3.05) is 22.1 Å². The summed E-state index contributed by atoms with van der Waals surface area (Å²) in [6.45, 7) is 4.15. The number of fused-ring (bicyclic) bond motifs is 1. The molecule has 35 heavy (non-hydrogen) atoms. The van der Waals surface area contributed by atoms with Crippen LogP contribution in [0.4, 0.5) is 21.5 Å². The number of ketones is 1. The number of nitrogens with one attached hydrogen (secondary N) is 2. The van der Waals surface area contributed by atoms with Crippen molar-refractivity contribution in [3.05, 3.63) is 102 Å². The number of amides is 1. The van der Waals surface area contributed by atoms with Crippen LogP contribution >= 0.6 is 0 Å². The van der Waals surface area contributed by atoms with Crippen LogP contribution in [-0.4, -0.2) is 18.2 Å². The average Bonchev–Trinajstić information content (AvgIpc) is 2.95. The Balaban J connectivity index is 1.63. The minimum Gasteiger partial charge on any atom is -0.357 e. The van der Waals surface area contributed by atoms with E-state index >= 15 is 0 Å². The Morgan fingerprint density at radius 1 is 1.00 bits per heavy atom. The van der Waals surface area contributed by atoms with E-state index in [1.807, 2.05) is 59.5 Å². The molecule has 0 spiro atoms. The second kappa shape index (κ2) is 9.02. The Bertz CT molecular complexity index is 1320. The Morgan fingerprint density at radius 2 is 1.69 bits per heavy atom. The Kier molecular flexibility index (Phi) is 5.89. The number of carbonyl (C=O) groups is 2. The highest BCUT2D eigenvalue weighted by molar-refractivity contribution is 6.02. The van der Waals surface area contributed by atoms with E-state index in [1.165, 1.54) is 12.1 Å².